The molecule has 1 aromatic heterocycles. The van der Waals surface area contributed by atoms with E-state index in [4.69, 9.17) is 5.11 Å². The predicted molar refractivity (Wildman–Crippen MR) is 112 cm³/mol. The Bertz CT molecular complexity index is 1100. The molecule has 2 aromatic rings. The lowest BCUT2D eigenvalue weighted by atomic mass is 10.0. The maximum Gasteiger partial charge on any atom is 0.331 e. The van der Waals surface area contributed by atoms with Crippen molar-refractivity contribution >= 4 is 34.0 Å². The number of piperidine rings is 1. The summed E-state index contributed by atoms with van der Waals surface area (Å²) in [5, 5.41) is 14.4. The van der Waals surface area contributed by atoms with E-state index in [1.807, 2.05) is 4.90 Å². The number of carbonyl (C=O) groups is 2. The van der Waals surface area contributed by atoms with Gasteiger partial charge in [0.1, 0.15) is 5.82 Å². The first-order valence-corrected chi connectivity index (χ1v) is 10.8. The molecule has 170 valence electrons. The number of hydrogen-bond donors (Lipinski definition) is 3. The van der Waals surface area contributed by atoms with Crippen molar-refractivity contribution in [2.45, 2.75) is 24.9 Å². The number of amides is 1. The van der Waals surface area contributed by atoms with Crippen LogP contribution in [0.2, 0.25) is 0 Å². The minimum Gasteiger partial charge on any atom is -0.480 e. The van der Waals surface area contributed by atoms with E-state index in [1.54, 1.807) is 18.5 Å². The van der Waals surface area contributed by atoms with Crippen molar-refractivity contribution in [1.82, 2.24) is 15.3 Å². The van der Waals surface area contributed by atoms with Crippen LogP contribution in [0.5, 0.6) is 0 Å². The average molecular weight is 464 g/mol. The summed E-state index contributed by atoms with van der Waals surface area (Å²) < 4.78 is 38.8. The maximum absolute atomic E-state index is 14.7. The molecular formula is C19H21FN6O5S. The number of nitrogens with zero attached hydrogens (tertiary/aromatic N) is 4. The standard InChI is InChI=1S/C19H21FN6O5S/c20-14-10-12(17(27)23-11-15(18(28)29)25-32(30)31)2-3-16(14)26-8-4-13(5-9-26)24-19-21-6-1-7-22-19/h1-3,6-7,10,13,15H,4-5,8-9,11H2,(H,23,27)(H,28,29)(H,21,22,24)/t15-/m0/s1. The minimum absolute atomic E-state index is 0.0172. The second-order valence-corrected chi connectivity index (χ2v) is 7.68. The average Bonchev–Trinajstić information content (AvgIpc) is 2.77. The number of aromatic nitrogens is 2. The third-order valence-electron chi connectivity index (χ3n) is 4.90. The van der Waals surface area contributed by atoms with Crippen LogP contribution in [0.25, 0.3) is 0 Å². The van der Waals surface area contributed by atoms with E-state index in [9.17, 15) is 22.4 Å². The van der Waals surface area contributed by atoms with E-state index in [0.717, 1.165) is 18.9 Å². The van der Waals surface area contributed by atoms with Crippen molar-refractivity contribution in [3.05, 3.63) is 48.0 Å². The first kappa shape index (κ1) is 23.1. The summed E-state index contributed by atoms with van der Waals surface area (Å²) in [4.78, 5) is 33.4. The van der Waals surface area contributed by atoms with E-state index >= 15 is 0 Å². The van der Waals surface area contributed by atoms with Gasteiger partial charge in [-0.3, -0.25) is 4.79 Å². The van der Waals surface area contributed by atoms with Crippen LogP contribution in [0.15, 0.2) is 41.0 Å². The second kappa shape index (κ2) is 10.6. The third-order valence-corrected chi connectivity index (χ3v) is 5.33. The number of anilines is 2. The summed E-state index contributed by atoms with van der Waals surface area (Å²) in [6.07, 6.45) is 4.81. The van der Waals surface area contributed by atoms with Crippen LogP contribution in [-0.4, -0.2) is 67.1 Å². The van der Waals surface area contributed by atoms with Crippen molar-refractivity contribution in [2.75, 3.05) is 29.9 Å². The number of aliphatic carboxylic acids is 1. The Morgan fingerprint density at radius 1 is 1.25 bits per heavy atom. The Balaban J connectivity index is 1.57. The molecule has 0 unspecified atom stereocenters. The first-order chi connectivity index (χ1) is 15.3. The topological polar surface area (TPSA) is 154 Å². The molecule has 1 aliphatic heterocycles. The number of carbonyl (C=O) groups excluding carboxylic acids is 1. The first-order valence-electron chi connectivity index (χ1n) is 9.72. The summed E-state index contributed by atoms with van der Waals surface area (Å²) in [5.74, 6) is -2.28. The number of nitrogens with one attached hydrogen (secondary N) is 2. The van der Waals surface area contributed by atoms with E-state index in [2.05, 4.69) is 25.0 Å². The molecule has 0 saturated carbocycles. The quantitative estimate of drug-likeness (QED) is 0.518. The van der Waals surface area contributed by atoms with Crippen molar-refractivity contribution in [1.29, 1.82) is 0 Å². The molecule has 1 saturated heterocycles. The smallest absolute Gasteiger partial charge is 0.331 e. The predicted octanol–water partition coefficient (Wildman–Crippen LogP) is 0.942. The molecule has 0 bridgehead atoms. The minimum atomic E-state index is -2.93. The van der Waals surface area contributed by atoms with Gasteiger partial charge >= 0.3 is 16.5 Å². The van der Waals surface area contributed by atoms with Gasteiger partial charge in [-0.15, -0.1) is 0 Å². The highest BCUT2D eigenvalue weighted by atomic mass is 32.2. The summed E-state index contributed by atoms with van der Waals surface area (Å²) in [5.41, 5.74) is 0.340. The summed E-state index contributed by atoms with van der Waals surface area (Å²) >= 11 is 0. The number of carboxylic acid groups (broad SMARTS) is 1. The van der Waals surface area contributed by atoms with Crippen LogP contribution in [0, 0.1) is 5.82 Å². The highest BCUT2D eigenvalue weighted by Crippen LogP contribution is 2.25. The van der Waals surface area contributed by atoms with Gasteiger partial charge in [-0.25, -0.2) is 19.2 Å². The number of benzene rings is 1. The van der Waals surface area contributed by atoms with Gasteiger partial charge in [-0.1, -0.05) is 0 Å². The third kappa shape index (κ3) is 6.20. The lowest BCUT2D eigenvalue weighted by molar-refractivity contribution is -0.138. The van der Waals surface area contributed by atoms with E-state index < -0.39 is 40.8 Å². The van der Waals surface area contributed by atoms with Crippen LogP contribution < -0.4 is 15.5 Å². The van der Waals surface area contributed by atoms with Crippen LogP contribution in [0.3, 0.4) is 0 Å². The SMILES string of the molecule is O=C(NC[C@H](N=S(=O)=O)C(=O)O)c1ccc(N2CCC(Nc3ncccn3)CC2)c(F)c1. The van der Waals surface area contributed by atoms with Crippen molar-refractivity contribution < 1.29 is 27.5 Å². The monoisotopic (exact) mass is 464 g/mol. The second-order valence-electron chi connectivity index (χ2n) is 7.03. The molecule has 0 aliphatic carbocycles. The molecule has 1 aromatic carbocycles. The zero-order valence-corrected chi connectivity index (χ0v) is 17.6. The molecule has 3 rings (SSSR count). The highest BCUT2D eigenvalue weighted by Gasteiger charge is 2.23. The fourth-order valence-electron chi connectivity index (χ4n) is 3.29. The van der Waals surface area contributed by atoms with Gasteiger partial charge in [0, 0.05) is 37.1 Å². The normalized spacial score (nSPS) is 15.0. The molecule has 11 nitrogen and oxygen atoms in total. The van der Waals surface area contributed by atoms with Gasteiger partial charge in [0.15, 0.2) is 6.04 Å². The Hall–Kier alpha value is -3.61. The van der Waals surface area contributed by atoms with Crippen LogP contribution in [-0.2, 0) is 15.3 Å². The molecule has 3 N–H and O–H groups in total. The van der Waals surface area contributed by atoms with Gasteiger partial charge in [-0.2, -0.15) is 12.8 Å². The number of halogens is 1. The fraction of sp³-hybridized carbons (Fsp3) is 0.368. The van der Waals surface area contributed by atoms with Crippen molar-refractivity contribution in [2.24, 2.45) is 4.36 Å². The molecule has 13 heteroatoms. The zero-order valence-electron chi connectivity index (χ0n) is 16.8. The van der Waals surface area contributed by atoms with E-state index in [-0.39, 0.29) is 11.6 Å². The Morgan fingerprint density at radius 2 is 1.94 bits per heavy atom. The Morgan fingerprint density at radius 3 is 2.53 bits per heavy atom. The van der Waals surface area contributed by atoms with Crippen LogP contribution in [0.4, 0.5) is 16.0 Å². The molecular weight excluding hydrogens is 443 g/mol. The molecule has 1 amide bonds. The van der Waals surface area contributed by atoms with Gasteiger partial charge in [0.05, 0.1) is 12.2 Å². The molecule has 0 radical (unpaired) electrons. The summed E-state index contributed by atoms with van der Waals surface area (Å²) in [6.45, 7) is 0.652. The summed E-state index contributed by atoms with van der Waals surface area (Å²) in [6, 6.07) is 4.22. The molecule has 1 atom stereocenters. The van der Waals surface area contributed by atoms with E-state index in [0.29, 0.717) is 24.7 Å². The largest absolute Gasteiger partial charge is 0.480 e. The summed E-state index contributed by atoms with van der Waals surface area (Å²) in [7, 11) is -2.93. The zero-order chi connectivity index (χ0) is 23.1. The fourth-order valence-corrected chi connectivity index (χ4v) is 3.66. The Labute approximate surface area is 184 Å². The molecule has 32 heavy (non-hydrogen) atoms. The van der Waals surface area contributed by atoms with Gasteiger partial charge in [-0.05, 0) is 37.1 Å². The van der Waals surface area contributed by atoms with Crippen molar-refractivity contribution in [3.8, 4) is 0 Å². The van der Waals surface area contributed by atoms with Gasteiger partial charge in [0.25, 0.3) is 5.91 Å². The molecule has 1 aliphatic rings. The molecule has 1 fully saturated rings. The molecule has 2 heterocycles. The van der Waals surface area contributed by atoms with Crippen molar-refractivity contribution in [3.63, 3.8) is 0 Å². The number of carboxylic acids is 1. The van der Waals surface area contributed by atoms with Crippen LogP contribution in [0.1, 0.15) is 23.2 Å². The lowest BCUT2D eigenvalue weighted by Crippen LogP contribution is -2.40. The number of hydrogen-bond acceptors (Lipinski definition) is 9. The van der Waals surface area contributed by atoms with Gasteiger partial charge in [0.2, 0.25) is 5.95 Å². The van der Waals surface area contributed by atoms with Crippen LogP contribution >= 0.6 is 0 Å². The highest BCUT2D eigenvalue weighted by molar-refractivity contribution is 7.61. The van der Waals surface area contributed by atoms with E-state index in [1.165, 1.54) is 12.1 Å². The van der Waals surface area contributed by atoms with Gasteiger partial charge < -0.3 is 20.6 Å². The number of rotatable bonds is 8. The molecule has 0 spiro atoms. The Kier molecular flexibility index (Phi) is 7.65. The lowest BCUT2D eigenvalue weighted by Gasteiger charge is -2.34. The maximum atomic E-state index is 14.7.